The lowest BCUT2D eigenvalue weighted by molar-refractivity contribution is -0.121. The van der Waals surface area contributed by atoms with Gasteiger partial charge in [-0.15, -0.1) is 0 Å². The van der Waals surface area contributed by atoms with Crippen molar-refractivity contribution in [2.75, 3.05) is 6.54 Å². The second kappa shape index (κ2) is 10.3. The zero-order chi connectivity index (χ0) is 20.4. The number of ether oxygens (including phenoxy) is 2. The molecule has 0 aliphatic heterocycles. The summed E-state index contributed by atoms with van der Waals surface area (Å²) in [6.45, 7) is 6.35. The van der Waals surface area contributed by atoms with Crippen LogP contribution in [0.3, 0.4) is 0 Å². The van der Waals surface area contributed by atoms with Crippen LogP contribution in [-0.2, 0) is 22.7 Å². The number of aromatic nitrogens is 1. The minimum absolute atomic E-state index is 0.167. The van der Waals surface area contributed by atoms with Crippen molar-refractivity contribution in [3.05, 3.63) is 59.8 Å². The monoisotopic (exact) mass is 385 g/mol. The van der Waals surface area contributed by atoms with E-state index in [0.717, 1.165) is 11.1 Å². The Hall–Kier alpha value is -3.09. The van der Waals surface area contributed by atoms with Crippen LogP contribution in [0.25, 0.3) is 0 Å². The van der Waals surface area contributed by atoms with Crippen molar-refractivity contribution in [2.24, 2.45) is 0 Å². The molecule has 2 rings (SSSR count). The van der Waals surface area contributed by atoms with Crippen LogP contribution >= 0.6 is 0 Å². The number of benzene rings is 1. The van der Waals surface area contributed by atoms with E-state index in [1.54, 1.807) is 33.0 Å². The van der Waals surface area contributed by atoms with Gasteiger partial charge in [-0.25, -0.2) is 9.78 Å². The zero-order valence-electron chi connectivity index (χ0n) is 16.5. The summed E-state index contributed by atoms with van der Waals surface area (Å²) in [7, 11) is 0. The van der Waals surface area contributed by atoms with Gasteiger partial charge < -0.3 is 20.1 Å². The van der Waals surface area contributed by atoms with Crippen molar-refractivity contribution in [3.63, 3.8) is 0 Å². The summed E-state index contributed by atoms with van der Waals surface area (Å²) < 4.78 is 10.8. The summed E-state index contributed by atoms with van der Waals surface area (Å²) in [6, 6.07) is 13.4. The van der Waals surface area contributed by atoms with E-state index in [1.807, 2.05) is 36.4 Å². The molecule has 1 aromatic heterocycles. The summed E-state index contributed by atoms with van der Waals surface area (Å²) >= 11 is 0. The number of nitrogens with zero attached hydrogens (tertiary/aromatic N) is 1. The third kappa shape index (κ3) is 8.53. The highest BCUT2D eigenvalue weighted by Gasteiger charge is 2.15. The fraction of sp³-hybridized carbons (Fsp3) is 0.381. The highest BCUT2D eigenvalue weighted by Crippen LogP contribution is 2.12. The first-order chi connectivity index (χ1) is 13.3. The van der Waals surface area contributed by atoms with Gasteiger partial charge in [-0.3, -0.25) is 4.79 Å². The quantitative estimate of drug-likeness (QED) is 0.728. The van der Waals surface area contributed by atoms with Crippen LogP contribution in [0, 0.1) is 0 Å². The van der Waals surface area contributed by atoms with Crippen LogP contribution < -0.4 is 15.4 Å². The number of hydrogen-bond acceptors (Lipinski definition) is 5. The molecule has 0 fully saturated rings. The molecule has 2 aromatic rings. The van der Waals surface area contributed by atoms with Gasteiger partial charge >= 0.3 is 6.09 Å². The fourth-order valence-corrected chi connectivity index (χ4v) is 2.25. The summed E-state index contributed by atoms with van der Waals surface area (Å²) in [6.07, 6.45) is 1.28. The number of carbonyl (C=O) groups excluding carboxylic acids is 2. The molecule has 7 nitrogen and oxygen atoms in total. The Morgan fingerprint density at radius 2 is 1.79 bits per heavy atom. The predicted octanol–water partition coefficient (Wildman–Crippen LogP) is 3.19. The van der Waals surface area contributed by atoms with Crippen molar-refractivity contribution >= 4 is 12.0 Å². The van der Waals surface area contributed by atoms with Crippen LogP contribution in [0.1, 0.15) is 38.3 Å². The molecule has 0 atom stereocenters. The van der Waals surface area contributed by atoms with Gasteiger partial charge in [-0.2, -0.15) is 0 Å². The molecule has 0 saturated heterocycles. The fourth-order valence-electron chi connectivity index (χ4n) is 2.25. The van der Waals surface area contributed by atoms with Gasteiger partial charge in [0.05, 0.1) is 0 Å². The SMILES string of the molecule is CC(C)(C)OC(=O)NCCC(=O)NCc1ccnc(OCc2ccccc2)c1. The largest absolute Gasteiger partial charge is 0.473 e. The lowest BCUT2D eigenvalue weighted by Crippen LogP contribution is -2.35. The van der Waals surface area contributed by atoms with Crippen LogP contribution in [0.15, 0.2) is 48.7 Å². The molecule has 7 heteroatoms. The normalized spacial score (nSPS) is 10.8. The second-order valence-electron chi connectivity index (χ2n) is 7.23. The Bertz CT molecular complexity index is 773. The van der Waals surface area contributed by atoms with E-state index in [1.165, 1.54) is 0 Å². The average Bonchev–Trinajstić information content (AvgIpc) is 2.64. The molecule has 0 spiro atoms. The molecule has 0 aliphatic rings. The molecule has 150 valence electrons. The van der Waals surface area contributed by atoms with Gasteiger partial charge in [-0.05, 0) is 38.0 Å². The Kier molecular flexibility index (Phi) is 7.80. The number of nitrogens with one attached hydrogen (secondary N) is 2. The standard InChI is InChI=1S/C21H27N3O4/c1-21(2,3)28-20(26)23-12-10-18(25)24-14-17-9-11-22-19(13-17)27-15-16-7-5-4-6-8-16/h4-9,11,13H,10,12,14-15H2,1-3H3,(H,23,26)(H,24,25). The Balaban J connectivity index is 1.70. The van der Waals surface area contributed by atoms with Crippen molar-refractivity contribution in [1.82, 2.24) is 15.6 Å². The smallest absolute Gasteiger partial charge is 0.407 e. The van der Waals surface area contributed by atoms with E-state index in [9.17, 15) is 9.59 Å². The van der Waals surface area contributed by atoms with E-state index >= 15 is 0 Å². The maximum Gasteiger partial charge on any atom is 0.407 e. The molecule has 0 radical (unpaired) electrons. The molecular weight excluding hydrogens is 358 g/mol. The molecular formula is C21H27N3O4. The maximum absolute atomic E-state index is 11.9. The first-order valence-electron chi connectivity index (χ1n) is 9.17. The molecule has 0 bridgehead atoms. The number of alkyl carbamates (subject to hydrolysis) is 1. The lowest BCUT2D eigenvalue weighted by atomic mass is 10.2. The van der Waals surface area contributed by atoms with Crippen LogP contribution in [0.2, 0.25) is 0 Å². The van der Waals surface area contributed by atoms with E-state index in [2.05, 4.69) is 15.6 Å². The predicted molar refractivity (Wildman–Crippen MR) is 106 cm³/mol. The van der Waals surface area contributed by atoms with Gasteiger partial charge in [0.15, 0.2) is 0 Å². The Morgan fingerprint density at radius 3 is 2.50 bits per heavy atom. The molecule has 1 heterocycles. The Labute approximate surface area is 165 Å². The third-order valence-electron chi connectivity index (χ3n) is 3.54. The lowest BCUT2D eigenvalue weighted by Gasteiger charge is -2.19. The van der Waals surface area contributed by atoms with Crippen molar-refractivity contribution in [1.29, 1.82) is 0 Å². The highest BCUT2D eigenvalue weighted by molar-refractivity contribution is 5.77. The van der Waals surface area contributed by atoms with Crippen molar-refractivity contribution < 1.29 is 19.1 Å². The maximum atomic E-state index is 11.9. The minimum atomic E-state index is -0.562. The minimum Gasteiger partial charge on any atom is -0.473 e. The number of carbonyl (C=O) groups is 2. The second-order valence-corrected chi connectivity index (χ2v) is 7.23. The topological polar surface area (TPSA) is 89.5 Å². The highest BCUT2D eigenvalue weighted by atomic mass is 16.6. The Morgan fingerprint density at radius 1 is 1.04 bits per heavy atom. The molecule has 0 aliphatic carbocycles. The summed E-state index contributed by atoms with van der Waals surface area (Å²) in [4.78, 5) is 27.6. The first kappa shape index (κ1) is 21.2. The van der Waals surface area contributed by atoms with Crippen LogP contribution in [-0.4, -0.2) is 29.1 Å². The summed E-state index contributed by atoms with van der Waals surface area (Å²) in [5, 5.41) is 5.37. The van der Waals surface area contributed by atoms with Gasteiger partial charge in [0.25, 0.3) is 0 Å². The van der Waals surface area contributed by atoms with E-state index in [4.69, 9.17) is 9.47 Å². The van der Waals surface area contributed by atoms with Crippen molar-refractivity contribution in [3.8, 4) is 5.88 Å². The third-order valence-corrected chi connectivity index (χ3v) is 3.54. The van der Waals surface area contributed by atoms with Crippen LogP contribution in [0.5, 0.6) is 5.88 Å². The molecule has 0 saturated carbocycles. The van der Waals surface area contributed by atoms with E-state index in [-0.39, 0.29) is 18.9 Å². The summed E-state index contributed by atoms with van der Waals surface area (Å²) in [5.41, 5.74) is 1.38. The van der Waals surface area contributed by atoms with Crippen molar-refractivity contribution in [2.45, 2.75) is 45.9 Å². The van der Waals surface area contributed by atoms with Crippen LogP contribution in [0.4, 0.5) is 4.79 Å². The number of amides is 2. The van der Waals surface area contributed by atoms with E-state index in [0.29, 0.717) is 19.0 Å². The van der Waals surface area contributed by atoms with E-state index < -0.39 is 11.7 Å². The molecule has 28 heavy (non-hydrogen) atoms. The molecule has 0 unspecified atom stereocenters. The zero-order valence-corrected chi connectivity index (χ0v) is 16.5. The number of pyridine rings is 1. The number of rotatable bonds is 8. The van der Waals surface area contributed by atoms with Gasteiger partial charge in [0, 0.05) is 31.8 Å². The molecule has 2 N–H and O–H groups in total. The first-order valence-corrected chi connectivity index (χ1v) is 9.17. The molecule has 2 amide bonds. The molecule has 1 aromatic carbocycles. The van der Waals surface area contributed by atoms with Gasteiger partial charge in [0.1, 0.15) is 12.2 Å². The van der Waals surface area contributed by atoms with Gasteiger partial charge in [-0.1, -0.05) is 30.3 Å². The van der Waals surface area contributed by atoms with Gasteiger partial charge in [0.2, 0.25) is 11.8 Å². The number of hydrogen-bond donors (Lipinski definition) is 2. The average molecular weight is 385 g/mol. The summed E-state index contributed by atoms with van der Waals surface area (Å²) in [5.74, 6) is 0.335.